The summed E-state index contributed by atoms with van der Waals surface area (Å²) in [7, 11) is 3.82. The highest BCUT2D eigenvalue weighted by molar-refractivity contribution is 7.80. The van der Waals surface area contributed by atoms with Gasteiger partial charge in [-0.1, -0.05) is 12.1 Å². The molecule has 0 aromatic heterocycles. The van der Waals surface area contributed by atoms with Gasteiger partial charge in [0.1, 0.15) is 5.57 Å². The Morgan fingerprint density at radius 1 is 1.13 bits per heavy atom. The first-order chi connectivity index (χ1) is 14.7. The van der Waals surface area contributed by atoms with Crippen LogP contribution < -0.4 is 10.2 Å². The number of hydrogen-bond acceptors (Lipinski definition) is 7. The summed E-state index contributed by atoms with van der Waals surface area (Å²) in [5, 5.41) is 18.3. The second kappa shape index (κ2) is 8.84. The molecule has 1 aliphatic rings. The summed E-state index contributed by atoms with van der Waals surface area (Å²) in [4.78, 5) is 37.5. The van der Waals surface area contributed by atoms with Crippen molar-refractivity contribution in [1.29, 1.82) is 0 Å². The van der Waals surface area contributed by atoms with Gasteiger partial charge >= 0.3 is 0 Å². The van der Waals surface area contributed by atoms with Gasteiger partial charge in [-0.25, -0.2) is 0 Å². The molecule has 1 heterocycles. The Kier molecular flexibility index (Phi) is 6.21. The number of amides is 2. The Labute approximate surface area is 183 Å². The van der Waals surface area contributed by atoms with Crippen molar-refractivity contribution >= 4 is 52.3 Å². The van der Waals surface area contributed by atoms with E-state index in [2.05, 4.69) is 10.4 Å². The predicted octanol–water partition coefficient (Wildman–Crippen LogP) is 2.71. The maximum atomic E-state index is 12.9. The van der Waals surface area contributed by atoms with Gasteiger partial charge in [0.05, 0.1) is 10.6 Å². The van der Waals surface area contributed by atoms with Crippen LogP contribution in [0.15, 0.2) is 59.2 Å². The Hall–Kier alpha value is -3.92. The summed E-state index contributed by atoms with van der Waals surface area (Å²) in [5.74, 6) is -1.27. The maximum Gasteiger partial charge on any atom is 0.286 e. The zero-order chi connectivity index (χ0) is 22.7. The van der Waals surface area contributed by atoms with Crippen LogP contribution in [-0.2, 0) is 9.59 Å². The number of non-ortho nitro benzene ring substituents is 1. The quantitative estimate of drug-likeness (QED) is 0.192. The molecular weight excluding hydrogens is 418 g/mol. The third-order valence-electron chi connectivity index (χ3n) is 4.55. The maximum absolute atomic E-state index is 12.9. The van der Waals surface area contributed by atoms with Crippen molar-refractivity contribution in [2.45, 2.75) is 6.92 Å². The molecule has 0 radical (unpaired) electrons. The molecular formula is C21H19N5O4S. The number of nitrogens with one attached hydrogen (secondary N) is 1. The van der Waals surface area contributed by atoms with Crippen molar-refractivity contribution in [3.05, 3.63) is 75.3 Å². The van der Waals surface area contributed by atoms with Crippen LogP contribution >= 0.6 is 12.2 Å². The van der Waals surface area contributed by atoms with Crippen LogP contribution in [0.4, 0.5) is 11.4 Å². The first-order valence-corrected chi connectivity index (χ1v) is 9.57. The zero-order valence-electron chi connectivity index (χ0n) is 17.0. The molecule has 158 valence electrons. The Morgan fingerprint density at radius 3 is 2.29 bits per heavy atom. The normalized spacial score (nSPS) is 15.8. The monoisotopic (exact) mass is 437 g/mol. The summed E-state index contributed by atoms with van der Waals surface area (Å²) >= 11 is 5.11. The number of nitro benzene ring substituents is 1. The smallest absolute Gasteiger partial charge is 0.286 e. The highest BCUT2D eigenvalue weighted by atomic mass is 32.1. The van der Waals surface area contributed by atoms with E-state index in [1.165, 1.54) is 30.3 Å². The topological polar surface area (TPSA) is 108 Å². The van der Waals surface area contributed by atoms with Crippen molar-refractivity contribution in [2.24, 2.45) is 5.10 Å². The van der Waals surface area contributed by atoms with Gasteiger partial charge in [0.15, 0.2) is 0 Å². The van der Waals surface area contributed by atoms with Crippen molar-refractivity contribution in [3.63, 3.8) is 0 Å². The van der Waals surface area contributed by atoms with Crippen molar-refractivity contribution in [2.75, 3.05) is 19.0 Å². The number of benzene rings is 2. The van der Waals surface area contributed by atoms with E-state index < -0.39 is 16.7 Å². The molecule has 1 fully saturated rings. The van der Waals surface area contributed by atoms with Gasteiger partial charge < -0.3 is 4.90 Å². The summed E-state index contributed by atoms with van der Waals surface area (Å²) in [6.45, 7) is 1.64. The lowest BCUT2D eigenvalue weighted by Crippen LogP contribution is -2.51. The molecule has 0 saturated carbocycles. The molecule has 2 aromatic carbocycles. The molecule has 1 N–H and O–H groups in total. The Morgan fingerprint density at radius 2 is 1.74 bits per heavy atom. The van der Waals surface area contributed by atoms with Gasteiger partial charge in [-0.15, -0.1) is 0 Å². The highest BCUT2D eigenvalue weighted by Gasteiger charge is 2.33. The number of nitrogens with zero attached hydrogens (tertiary/aromatic N) is 4. The molecule has 3 rings (SSSR count). The lowest BCUT2D eigenvalue weighted by Gasteiger charge is -2.25. The van der Waals surface area contributed by atoms with E-state index in [1.54, 1.807) is 19.1 Å². The van der Waals surface area contributed by atoms with E-state index in [0.29, 0.717) is 16.8 Å². The number of anilines is 1. The van der Waals surface area contributed by atoms with Gasteiger partial charge in [-0.2, -0.15) is 10.1 Å². The molecule has 2 aromatic rings. The fourth-order valence-corrected chi connectivity index (χ4v) is 3.02. The molecule has 1 aliphatic heterocycles. The van der Waals surface area contributed by atoms with Gasteiger partial charge in [0.25, 0.3) is 17.5 Å². The fraction of sp³-hybridized carbons (Fsp3) is 0.143. The van der Waals surface area contributed by atoms with Crippen LogP contribution in [0, 0.1) is 10.1 Å². The van der Waals surface area contributed by atoms with E-state index in [-0.39, 0.29) is 16.4 Å². The molecule has 9 nitrogen and oxygen atoms in total. The average molecular weight is 437 g/mol. The molecule has 0 bridgehead atoms. The van der Waals surface area contributed by atoms with E-state index >= 15 is 0 Å². The number of rotatable bonds is 5. The van der Waals surface area contributed by atoms with Crippen molar-refractivity contribution in [1.82, 2.24) is 10.3 Å². The lowest BCUT2D eigenvalue weighted by molar-refractivity contribution is -0.384. The SMILES string of the molecule is CC(=NN1C(=O)C(=Cc2ccc(N(C)C)cc2)C(=O)NC1=S)c1ccc([N+](=O)[O-])cc1. The van der Waals surface area contributed by atoms with Gasteiger partial charge in [-0.3, -0.25) is 25.0 Å². The number of hydrogen-bond donors (Lipinski definition) is 1. The second-order valence-electron chi connectivity index (χ2n) is 6.91. The number of hydrazone groups is 1. The second-order valence-corrected chi connectivity index (χ2v) is 7.30. The fourth-order valence-electron chi connectivity index (χ4n) is 2.81. The minimum Gasteiger partial charge on any atom is -0.378 e. The highest BCUT2D eigenvalue weighted by Crippen LogP contribution is 2.19. The van der Waals surface area contributed by atoms with Crippen LogP contribution in [0.1, 0.15) is 18.1 Å². The van der Waals surface area contributed by atoms with Crippen LogP contribution in [0.2, 0.25) is 0 Å². The van der Waals surface area contributed by atoms with E-state index in [1.807, 2.05) is 31.1 Å². The van der Waals surface area contributed by atoms with Gasteiger partial charge in [-0.05, 0) is 60.6 Å². The lowest BCUT2D eigenvalue weighted by atomic mass is 10.1. The Balaban J connectivity index is 1.89. The van der Waals surface area contributed by atoms with Crippen LogP contribution in [0.5, 0.6) is 0 Å². The molecule has 0 spiro atoms. The molecule has 0 aliphatic carbocycles. The third-order valence-corrected chi connectivity index (χ3v) is 4.82. The number of carbonyl (C=O) groups excluding carboxylic acids is 2. The van der Waals surface area contributed by atoms with Crippen LogP contribution in [0.3, 0.4) is 0 Å². The number of nitro groups is 1. The van der Waals surface area contributed by atoms with E-state index in [9.17, 15) is 19.7 Å². The largest absolute Gasteiger partial charge is 0.378 e. The summed E-state index contributed by atoms with van der Waals surface area (Å²) in [5.41, 5.74) is 2.46. The van der Waals surface area contributed by atoms with Crippen LogP contribution in [0.25, 0.3) is 6.08 Å². The molecule has 31 heavy (non-hydrogen) atoms. The molecule has 1 saturated heterocycles. The van der Waals surface area contributed by atoms with E-state index in [0.717, 1.165) is 10.7 Å². The first kappa shape index (κ1) is 21.8. The van der Waals surface area contributed by atoms with Crippen molar-refractivity contribution < 1.29 is 14.5 Å². The minimum absolute atomic E-state index is 0.0566. The molecule has 0 atom stereocenters. The first-order valence-electron chi connectivity index (χ1n) is 9.16. The van der Waals surface area contributed by atoms with Gasteiger partial charge in [0.2, 0.25) is 5.11 Å². The van der Waals surface area contributed by atoms with E-state index in [4.69, 9.17) is 12.2 Å². The van der Waals surface area contributed by atoms with Crippen LogP contribution in [-0.4, -0.2) is 46.7 Å². The third kappa shape index (κ3) is 4.81. The number of thiocarbonyl (C=S) groups is 1. The van der Waals surface area contributed by atoms with Gasteiger partial charge in [0, 0.05) is 31.9 Å². The molecule has 10 heteroatoms. The van der Waals surface area contributed by atoms with Crippen molar-refractivity contribution in [3.8, 4) is 0 Å². The average Bonchev–Trinajstić information content (AvgIpc) is 2.74. The zero-order valence-corrected chi connectivity index (χ0v) is 17.8. The minimum atomic E-state index is -0.660. The standard InChI is InChI=1S/C21H19N5O4S/c1-13(15-6-10-17(11-7-15)26(29)30)23-25-20(28)18(19(27)22-21(25)31)12-14-4-8-16(9-5-14)24(2)3/h4-12H,1-3H3,(H,22,27,31). The summed E-state index contributed by atoms with van der Waals surface area (Å²) < 4.78 is 0. The predicted molar refractivity (Wildman–Crippen MR) is 122 cm³/mol. The molecule has 0 unspecified atom stereocenters. The Bertz CT molecular complexity index is 1120. The summed E-state index contributed by atoms with van der Waals surface area (Å²) in [6, 6.07) is 13.1. The number of carbonyl (C=O) groups is 2. The summed E-state index contributed by atoms with van der Waals surface area (Å²) in [6.07, 6.45) is 1.47. The molecule has 2 amide bonds.